The molecule has 1 rings (SSSR count). The Morgan fingerprint density at radius 1 is 1.06 bits per heavy atom. The van der Waals surface area contributed by atoms with E-state index in [1.807, 2.05) is 0 Å². The molecule has 0 aromatic heterocycles. The highest BCUT2D eigenvalue weighted by Gasteiger charge is 2.13. The molecule has 0 bridgehead atoms. The van der Waals surface area contributed by atoms with Gasteiger partial charge in [0, 0.05) is 13.2 Å². The van der Waals surface area contributed by atoms with Gasteiger partial charge < -0.3 is 9.47 Å². The number of unbranched alkanes of at least 4 members (excludes halogenated alkanes) is 6. The average Bonchev–Trinajstić information content (AvgIpc) is 2.42. The van der Waals surface area contributed by atoms with Crippen LogP contribution in [0.3, 0.4) is 0 Å². The van der Waals surface area contributed by atoms with E-state index in [1.165, 1.54) is 57.8 Å². The van der Waals surface area contributed by atoms with Gasteiger partial charge in [0.2, 0.25) is 0 Å². The molecule has 0 radical (unpaired) electrons. The largest absolute Gasteiger partial charge is 0.353 e. The molecular weight excluding hydrogens is 224 g/mol. The van der Waals surface area contributed by atoms with Crippen LogP contribution >= 0.6 is 0 Å². The van der Waals surface area contributed by atoms with Crippen molar-refractivity contribution in [1.29, 1.82) is 0 Å². The van der Waals surface area contributed by atoms with Gasteiger partial charge >= 0.3 is 0 Å². The Labute approximate surface area is 113 Å². The van der Waals surface area contributed by atoms with Gasteiger partial charge in [-0.3, -0.25) is 0 Å². The van der Waals surface area contributed by atoms with Crippen LogP contribution in [0.1, 0.15) is 71.1 Å². The fraction of sp³-hybridized carbons (Fsp3) is 0.875. The maximum atomic E-state index is 5.71. The van der Waals surface area contributed by atoms with Crippen molar-refractivity contribution in [3.05, 3.63) is 12.2 Å². The van der Waals surface area contributed by atoms with Gasteiger partial charge in [-0.15, -0.1) is 0 Å². The first kappa shape index (κ1) is 15.7. The van der Waals surface area contributed by atoms with Crippen molar-refractivity contribution in [3.63, 3.8) is 0 Å². The number of rotatable bonds is 10. The van der Waals surface area contributed by atoms with E-state index < -0.39 is 0 Å². The molecule has 106 valence electrons. The smallest absolute Gasteiger partial charge is 0.157 e. The molecule has 0 N–H and O–H groups in total. The zero-order valence-corrected chi connectivity index (χ0v) is 12.0. The number of ether oxygens (including phenoxy) is 2. The Bertz CT molecular complexity index is 195. The molecule has 0 aromatic rings. The Kier molecular flexibility index (Phi) is 10.2. The standard InChI is InChI=1S/C16H30O2/c1-2-3-4-5-6-7-8-9-11-14-17-16-13-10-12-15-18-16/h2-3,16H,4-15H2,1H3/b3-2-. The summed E-state index contributed by atoms with van der Waals surface area (Å²) in [7, 11) is 0. The molecule has 1 aliphatic heterocycles. The van der Waals surface area contributed by atoms with Crippen molar-refractivity contribution in [3.8, 4) is 0 Å². The summed E-state index contributed by atoms with van der Waals surface area (Å²) in [6.45, 7) is 3.86. The minimum absolute atomic E-state index is 0.0968. The van der Waals surface area contributed by atoms with Crippen LogP contribution in [0.4, 0.5) is 0 Å². The SMILES string of the molecule is C/C=C\CCCCCCCCOC1CCCCO1. The van der Waals surface area contributed by atoms with Gasteiger partial charge in [0.05, 0.1) is 0 Å². The van der Waals surface area contributed by atoms with Crippen LogP contribution in [-0.4, -0.2) is 19.5 Å². The molecule has 1 saturated heterocycles. The highest BCUT2D eigenvalue weighted by molar-refractivity contribution is 4.76. The molecule has 0 aromatic carbocycles. The van der Waals surface area contributed by atoms with E-state index in [-0.39, 0.29) is 6.29 Å². The van der Waals surface area contributed by atoms with E-state index in [0.717, 1.165) is 19.6 Å². The lowest BCUT2D eigenvalue weighted by atomic mass is 10.1. The minimum atomic E-state index is 0.0968. The molecule has 1 aliphatic rings. The van der Waals surface area contributed by atoms with Crippen LogP contribution < -0.4 is 0 Å². The van der Waals surface area contributed by atoms with E-state index >= 15 is 0 Å². The van der Waals surface area contributed by atoms with Gasteiger partial charge in [0.15, 0.2) is 6.29 Å². The molecule has 1 heterocycles. The summed E-state index contributed by atoms with van der Waals surface area (Å²) in [6.07, 6.45) is 17.2. The summed E-state index contributed by atoms with van der Waals surface area (Å²) in [5, 5.41) is 0. The normalized spacial score (nSPS) is 20.6. The molecule has 1 unspecified atom stereocenters. The van der Waals surface area contributed by atoms with E-state index in [4.69, 9.17) is 9.47 Å². The van der Waals surface area contributed by atoms with Crippen molar-refractivity contribution in [2.45, 2.75) is 77.4 Å². The Morgan fingerprint density at radius 3 is 2.56 bits per heavy atom. The molecular formula is C16H30O2. The second kappa shape index (κ2) is 11.7. The van der Waals surface area contributed by atoms with E-state index in [0.29, 0.717) is 0 Å². The van der Waals surface area contributed by atoms with Crippen molar-refractivity contribution in [2.75, 3.05) is 13.2 Å². The van der Waals surface area contributed by atoms with Gasteiger partial charge in [0.1, 0.15) is 0 Å². The fourth-order valence-corrected chi connectivity index (χ4v) is 2.30. The maximum absolute atomic E-state index is 5.71. The topological polar surface area (TPSA) is 18.5 Å². The van der Waals surface area contributed by atoms with Crippen LogP contribution in [0.5, 0.6) is 0 Å². The average molecular weight is 254 g/mol. The van der Waals surface area contributed by atoms with Gasteiger partial charge in [-0.05, 0) is 45.4 Å². The van der Waals surface area contributed by atoms with Crippen molar-refractivity contribution >= 4 is 0 Å². The first-order valence-corrected chi connectivity index (χ1v) is 7.78. The molecule has 1 fully saturated rings. The monoisotopic (exact) mass is 254 g/mol. The highest BCUT2D eigenvalue weighted by atomic mass is 16.7. The molecule has 18 heavy (non-hydrogen) atoms. The first-order chi connectivity index (χ1) is 8.93. The second-order valence-electron chi connectivity index (χ2n) is 5.15. The number of allylic oxidation sites excluding steroid dienone is 2. The van der Waals surface area contributed by atoms with E-state index in [1.54, 1.807) is 0 Å². The molecule has 0 saturated carbocycles. The molecule has 0 amide bonds. The van der Waals surface area contributed by atoms with Crippen molar-refractivity contribution in [2.24, 2.45) is 0 Å². The summed E-state index contributed by atoms with van der Waals surface area (Å²) in [6, 6.07) is 0. The van der Waals surface area contributed by atoms with Gasteiger partial charge in [-0.25, -0.2) is 0 Å². The predicted molar refractivity (Wildman–Crippen MR) is 76.7 cm³/mol. The highest BCUT2D eigenvalue weighted by Crippen LogP contribution is 2.14. The van der Waals surface area contributed by atoms with Gasteiger partial charge in [-0.1, -0.05) is 37.8 Å². The predicted octanol–water partition coefficient (Wildman–Crippen LogP) is 4.84. The van der Waals surface area contributed by atoms with Crippen molar-refractivity contribution < 1.29 is 9.47 Å². The Morgan fingerprint density at radius 2 is 1.83 bits per heavy atom. The quantitative estimate of drug-likeness (QED) is 0.410. The number of hydrogen-bond acceptors (Lipinski definition) is 2. The summed E-state index contributed by atoms with van der Waals surface area (Å²) in [5.41, 5.74) is 0. The van der Waals surface area contributed by atoms with Crippen molar-refractivity contribution in [1.82, 2.24) is 0 Å². The van der Waals surface area contributed by atoms with E-state index in [2.05, 4.69) is 19.1 Å². The van der Waals surface area contributed by atoms with Crippen LogP contribution in [0.15, 0.2) is 12.2 Å². The Hall–Kier alpha value is -0.340. The maximum Gasteiger partial charge on any atom is 0.157 e. The zero-order valence-electron chi connectivity index (χ0n) is 12.0. The summed E-state index contributed by atoms with van der Waals surface area (Å²) in [4.78, 5) is 0. The lowest BCUT2D eigenvalue weighted by Crippen LogP contribution is -2.22. The van der Waals surface area contributed by atoms with Crippen LogP contribution in [0.25, 0.3) is 0 Å². The van der Waals surface area contributed by atoms with Crippen LogP contribution in [0.2, 0.25) is 0 Å². The van der Waals surface area contributed by atoms with Gasteiger partial charge in [0.25, 0.3) is 0 Å². The summed E-state index contributed by atoms with van der Waals surface area (Å²) >= 11 is 0. The molecule has 0 spiro atoms. The third-order valence-electron chi connectivity index (χ3n) is 3.44. The third-order valence-corrected chi connectivity index (χ3v) is 3.44. The molecule has 0 aliphatic carbocycles. The van der Waals surface area contributed by atoms with E-state index in [9.17, 15) is 0 Å². The first-order valence-electron chi connectivity index (χ1n) is 7.78. The summed E-state index contributed by atoms with van der Waals surface area (Å²) in [5.74, 6) is 0. The summed E-state index contributed by atoms with van der Waals surface area (Å²) < 4.78 is 11.2. The second-order valence-corrected chi connectivity index (χ2v) is 5.15. The minimum Gasteiger partial charge on any atom is -0.353 e. The lowest BCUT2D eigenvalue weighted by molar-refractivity contribution is -0.162. The van der Waals surface area contributed by atoms with Crippen LogP contribution in [-0.2, 0) is 9.47 Å². The third kappa shape index (κ3) is 8.71. The molecule has 1 atom stereocenters. The molecule has 2 heteroatoms. The van der Waals surface area contributed by atoms with Gasteiger partial charge in [-0.2, -0.15) is 0 Å². The lowest BCUT2D eigenvalue weighted by Gasteiger charge is -2.22. The fourth-order valence-electron chi connectivity index (χ4n) is 2.30. The number of hydrogen-bond donors (Lipinski definition) is 0. The van der Waals surface area contributed by atoms with Crippen LogP contribution in [0, 0.1) is 0 Å². The zero-order chi connectivity index (χ0) is 12.9. The Balaban J connectivity index is 1.75. The molecule has 2 nitrogen and oxygen atoms in total.